The maximum absolute atomic E-state index is 12.6. The van der Waals surface area contributed by atoms with E-state index in [4.69, 9.17) is 15.2 Å². The molecule has 8 heteroatoms. The number of carbonyl (C=O) groups is 2. The van der Waals surface area contributed by atoms with Crippen LogP contribution >= 0.6 is 0 Å². The number of methoxy groups -OCH3 is 1. The molecule has 0 aliphatic carbocycles. The summed E-state index contributed by atoms with van der Waals surface area (Å²) in [4.78, 5) is 27.8. The lowest BCUT2D eigenvalue weighted by Crippen LogP contribution is -2.29. The third-order valence-electron chi connectivity index (χ3n) is 4.54. The number of hydrogen-bond acceptors (Lipinski definition) is 5. The number of aromatic nitrogens is 2. The van der Waals surface area contributed by atoms with Crippen LogP contribution < -0.4 is 20.5 Å². The van der Waals surface area contributed by atoms with Gasteiger partial charge in [-0.2, -0.15) is 0 Å². The van der Waals surface area contributed by atoms with Gasteiger partial charge in [0.15, 0.2) is 6.61 Å². The largest absolute Gasteiger partial charge is 0.497 e. The Morgan fingerprint density at radius 2 is 1.81 bits per heavy atom. The van der Waals surface area contributed by atoms with E-state index in [0.29, 0.717) is 11.6 Å². The van der Waals surface area contributed by atoms with Crippen LogP contribution in [0.1, 0.15) is 23.0 Å². The number of carbonyl (C=O) groups excluding carboxylic acids is 2. The number of nitrogens with two attached hydrogens (primary N) is 1. The number of imidazole rings is 1. The fraction of sp³-hybridized carbons (Fsp3) is 0.174. The Kier molecular flexibility index (Phi) is 7.05. The van der Waals surface area contributed by atoms with Crippen molar-refractivity contribution in [2.24, 2.45) is 12.8 Å². The average molecular weight is 420 g/mol. The van der Waals surface area contributed by atoms with Crippen LogP contribution in [0.2, 0.25) is 0 Å². The van der Waals surface area contributed by atoms with Gasteiger partial charge < -0.3 is 25.1 Å². The maximum atomic E-state index is 12.6. The Balaban J connectivity index is 1.71. The second-order valence-corrected chi connectivity index (χ2v) is 6.77. The Labute approximate surface area is 180 Å². The van der Waals surface area contributed by atoms with Gasteiger partial charge in [-0.3, -0.25) is 9.59 Å². The van der Waals surface area contributed by atoms with Crippen molar-refractivity contribution in [2.75, 3.05) is 13.7 Å². The SMILES string of the molecule is COc1ccc(C(NC(=O)/C=C/c2ccc(OCC(N)=O)cc2)c2nccn2C)cc1. The van der Waals surface area contributed by atoms with Crippen LogP contribution in [0.3, 0.4) is 0 Å². The molecule has 0 saturated carbocycles. The molecule has 0 saturated heterocycles. The Bertz CT molecular complexity index is 1060. The summed E-state index contributed by atoms with van der Waals surface area (Å²) in [5, 5.41) is 3.00. The molecule has 8 nitrogen and oxygen atoms in total. The molecule has 1 aromatic heterocycles. The minimum atomic E-state index is -0.542. The van der Waals surface area contributed by atoms with Crippen LogP contribution in [0.25, 0.3) is 6.08 Å². The predicted molar refractivity (Wildman–Crippen MR) is 116 cm³/mol. The normalized spacial score (nSPS) is 11.8. The number of aryl methyl sites for hydroxylation is 1. The second-order valence-electron chi connectivity index (χ2n) is 6.77. The minimum absolute atomic E-state index is 0.183. The maximum Gasteiger partial charge on any atom is 0.255 e. The van der Waals surface area contributed by atoms with E-state index >= 15 is 0 Å². The zero-order chi connectivity index (χ0) is 22.2. The lowest BCUT2D eigenvalue weighted by molar-refractivity contribution is -0.120. The highest BCUT2D eigenvalue weighted by Crippen LogP contribution is 2.23. The number of rotatable bonds is 9. The molecule has 0 fully saturated rings. The van der Waals surface area contributed by atoms with Crippen molar-refractivity contribution in [3.05, 3.63) is 84.0 Å². The van der Waals surface area contributed by atoms with Gasteiger partial charge in [-0.05, 0) is 41.5 Å². The number of ether oxygens (including phenoxy) is 2. The van der Waals surface area contributed by atoms with Crippen molar-refractivity contribution < 1.29 is 19.1 Å². The monoisotopic (exact) mass is 420 g/mol. The zero-order valence-corrected chi connectivity index (χ0v) is 17.3. The molecular weight excluding hydrogens is 396 g/mol. The third-order valence-corrected chi connectivity index (χ3v) is 4.54. The van der Waals surface area contributed by atoms with E-state index < -0.39 is 11.9 Å². The third kappa shape index (κ3) is 5.96. The van der Waals surface area contributed by atoms with E-state index in [1.54, 1.807) is 43.6 Å². The van der Waals surface area contributed by atoms with Crippen LogP contribution in [0.4, 0.5) is 0 Å². The summed E-state index contributed by atoms with van der Waals surface area (Å²) in [6, 6.07) is 14.0. The van der Waals surface area contributed by atoms with Crippen molar-refractivity contribution in [3.8, 4) is 11.5 Å². The fourth-order valence-corrected chi connectivity index (χ4v) is 2.94. The van der Waals surface area contributed by atoms with Gasteiger partial charge in [0.05, 0.1) is 7.11 Å². The van der Waals surface area contributed by atoms with Gasteiger partial charge in [-0.15, -0.1) is 0 Å². The molecule has 2 aromatic carbocycles. The summed E-state index contributed by atoms with van der Waals surface area (Å²) < 4.78 is 12.3. The van der Waals surface area contributed by atoms with Gasteiger partial charge in [0.1, 0.15) is 23.4 Å². The standard InChI is InChI=1S/C23H24N4O4/c1-27-14-13-25-23(27)22(17-6-10-18(30-2)11-7-17)26-21(29)12-5-16-3-8-19(9-4-16)31-15-20(24)28/h3-14,22H,15H2,1-2H3,(H2,24,28)(H,26,29)/b12-5+. The Morgan fingerprint density at radius 3 is 2.39 bits per heavy atom. The van der Waals surface area contributed by atoms with Crippen molar-refractivity contribution >= 4 is 17.9 Å². The summed E-state index contributed by atoms with van der Waals surface area (Å²) in [7, 11) is 3.48. The van der Waals surface area contributed by atoms with E-state index in [-0.39, 0.29) is 12.5 Å². The van der Waals surface area contributed by atoms with Crippen LogP contribution in [-0.4, -0.2) is 35.1 Å². The van der Waals surface area contributed by atoms with Crippen LogP contribution in [0.15, 0.2) is 67.0 Å². The van der Waals surface area contributed by atoms with Gasteiger partial charge >= 0.3 is 0 Å². The number of hydrogen-bond donors (Lipinski definition) is 2. The quantitative estimate of drug-likeness (QED) is 0.516. The van der Waals surface area contributed by atoms with Gasteiger partial charge in [0.25, 0.3) is 5.91 Å². The number of primary amides is 1. The molecule has 0 spiro atoms. The first kappa shape index (κ1) is 21.6. The second kappa shape index (κ2) is 10.1. The average Bonchev–Trinajstić information content (AvgIpc) is 3.21. The predicted octanol–water partition coefficient (Wildman–Crippen LogP) is 2.21. The van der Waals surface area contributed by atoms with Crippen molar-refractivity contribution in [1.29, 1.82) is 0 Å². The molecule has 1 atom stereocenters. The minimum Gasteiger partial charge on any atom is -0.497 e. The summed E-state index contributed by atoms with van der Waals surface area (Å²) >= 11 is 0. The Hall–Kier alpha value is -4.07. The smallest absolute Gasteiger partial charge is 0.255 e. The number of amides is 2. The highest BCUT2D eigenvalue weighted by molar-refractivity contribution is 5.92. The van der Waals surface area contributed by atoms with Gasteiger partial charge in [0.2, 0.25) is 5.91 Å². The molecule has 3 aromatic rings. The van der Waals surface area contributed by atoms with Crippen molar-refractivity contribution in [3.63, 3.8) is 0 Å². The number of nitrogens with zero attached hydrogens (tertiary/aromatic N) is 2. The molecule has 0 aliphatic heterocycles. The molecule has 0 bridgehead atoms. The van der Waals surface area contributed by atoms with Crippen LogP contribution in [0.5, 0.6) is 11.5 Å². The summed E-state index contributed by atoms with van der Waals surface area (Å²) in [5.74, 6) is 1.16. The zero-order valence-electron chi connectivity index (χ0n) is 17.3. The molecule has 3 rings (SSSR count). The first-order valence-corrected chi connectivity index (χ1v) is 9.57. The van der Waals surface area contributed by atoms with E-state index in [0.717, 1.165) is 16.9 Å². The molecule has 31 heavy (non-hydrogen) atoms. The molecular formula is C23H24N4O4. The molecule has 160 valence electrons. The summed E-state index contributed by atoms with van der Waals surface area (Å²) in [6.45, 7) is -0.183. The van der Waals surface area contributed by atoms with Crippen molar-refractivity contribution in [2.45, 2.75) is 6.04 Å². The van der Waals surface area contributed by atoms with E-state index in [1.165, 1.54) is 6.08 Å². The summed E-state index contributed by atoms with van der Waals surface area (Å²) in [6.07, 6.45) is 6.67. The van der Waals surface area contributed by atoms with E-state index in [2.05, 4.69) is 10.3 Å². The molecule has 0 radical (unpaired) electrons. The fourth-order valence-electron chi connectivity index (χ4n) is 2.94. The first-order valence-electron chi connectivity index (χ1n) is 9.57. The Morgan fingerprint density at radius 1 is 1.13 bits per heavy atom. The molecule has 1 unspecified atom stereocenters. The number of benzene rings is 2. The topological polar surface area (TPSA) is 108 Å². The highest BCUT2D eigenvalue weighted by atomic mass is 16.5. The lowest BCUT2D eigenvalue weighted by Gasteiger charge is -2.18. The van der Waals surface area contributed by atoms with Crippen LogP contribution in [0, 0.1) is 0 Å². The highest BCUT2D eigenvalue weighted by Gasteiger charge is 2.20. The molecule has 2 amide bonds. The molecule has 1 heterocycles. The molecule has 3 N–H and O–H groups in total. The molecule has 0 aliphatic rings. The summed E-state index contributed by atoms with van der Waals surface area (Å²) in [5.41, 5.74) is 6.75. The first-order chi connectivity index (χ1) is 15.0. The van der Waals surface area contributed by atoms with Gasteiger partial charge in [-0.25, -0.2) is 4.98 Å². The van der Waals surface area contributed by atoms with E-state index in [1.807, 2.05) is 42.1 Å². The van der Waals surface area contributed by atoms with Gasteiger partial charge in [-0.1, -0.05) is 24.3 Å². The van der Waals surface area contributed by atoms with Crippen LogP contribution in [-0.2, 0) is 16.6 Å². The van der Waals surface area contributed by atoms with E-state index in [9.17, 15) is 9.59 Å². The van der Waals surface area contributed by atoms with Crippen molar-refractivity contribution in [1.82, 2.24) is 14.9 Å². The lowest BCUT2D eigenvalue weighted by atomic mass is 10.1. The van der Waals surface area contributed by atoms with Gasteiger partial charge in [0, 0.05) is 25.5 Å². The number of nitrogens with one attached hydrogen (secondary N) is 1.